The minimum Gasteiger partial charge on any atom is -0.467 e. The van der Waals surface area contributed by atoms with Gasteiger partial charge in [0.25, 0.3) is 0 Å². The molecule has 0 saturated carbocycles. The van der Waals surface area contributed by atoms with Crippen molar-refractivity contribution < 1.29 is 23.2 Å². The van der Waals surface area contributed by atoms with Gasteiger partial charge in [-0.25, -0.2) is 4.39 Å². The van der Waals surface area contributed by atoms with Gasteiger partial charge in [-0.15, -0.1) is 0 Å². The Morgan fingerprint density at radius 3 is 2.25 bits per heavy atom. The molecular formula is C14H20BFO4. The Hall–Kier alpha value is -1.11. The van der Waals surface area contributed by atoms with E-state index in [2.05, 4.69) is 0 Å². The Morgan fingerprint density at radius 1 is 1.10 bits per heavy atom. The Bertz CT molecular complexity index is 474. The van der Waals surface area contributed by atoms with Gasteiger partial charge < -0.3 is 18.8 Å². The molecule has 1 saturated heterocycles. The summed E-state index contributed by atoms with van der Waals surface area (Å²) >= 11 is 0. The number of methoxy groups -OCH3 is 1. The van der Waals surface area contributed by atoms with Crippen molar-refractivity contribution in [1.29, 1.82) is 0 Å². The summed E-state index contributed by atoms with van der Waals surface area (Å²) in [6, 6.07) is 4.39. The van der Waals surface area contributed by atoms with E-state index in [1.807, 2.05) is 27.7 Å². The van der Waals surface area contributed by atoms with Crippen LogP contribution in [-0.2, 0) is 14.0 Å². The third-order valence-corrected chi connectivity index (χ3v) is 3.76. The lowest BCUT2D eigenvalue weighted by atomic mass is 9.79. The molecule has 1 fully saturated rings. The largest absolute Gasteiger partial charge is 0.495 e. The van der Waals surface area contributed by atoms with Gasteiger partial charge in [-0.1, -0.05) is 0 Å². The Morgan fingerprint density at radius 2 is 1.70 bits per heavy atom. The molecule has 6 heteroatoms. The highest BCUT2D eigenvalue weighted by Crippen LogP contribution is 2.36. The highest BCUT2D eigenvalue weighted by molar-refractivity contribution is 6.62. The third kappa shape index (κ3) is 2.97. The van der Waals surface area contributed by atoms with Crippen LogP contribution in [0, 0.1) is 5.82 Å². The standard InChI is InChI=1S/C14H20BFO4/c1-13(2)14(3,4)20-15(19-13)10-6-11(16)8-12(7-10)18-9-17-5/h6-8H,9H2,1-5H3. The first kappa shape index (κ1) is 15.3. The zero-order chi connectivity index (χ0) is 15.0. The average molecular weight is 282 g/mol. The van der Waals surface area contributed by atoms with Crippen LogP contribution in [0.25, 0.3) is 0 Å². The zero-order valence-electron chi connectivity index (χ0n) is 12.5. The van der Waals surface area contributed by atoms with Crippen LogP contribution in [0.3, 0.4) is 0 Å². The van der Waals surface area contributed by atoms with Gasteiger partial charge in [0.15, 0.2) is 6.79 Å². The van der Waals surface area contributed by atoms with E-state index < -0.39 is 24.1 Å². The Balaban J connectivity index is 2.23. The van der Waals surface area contributed by atoms with Crippen molar-refractivity contribution in [1.82, 2.24) is 0 Å². The van der Waals surface area contributed by atoms with Crippen molar-refractivity contribution in [3.8, 4) is 5.75 Å². The SMILES string of the molecule is COCOc1cc(F)cc(B2OC(C)(C)C(C)(C)O2)c1. The van der Waals surface area contributed by atoms with Gasteiger partial charge in [0.05, 0.1) is 11.2 Å². The molecule has 1 aliphatic rings. The van der Waals surface area contributed by atoms with Crippen molar-refractivity contribution in [2.45, 2.75) is 38.9 Å². The topological polar surface area (TPSA) is 36.9 Å². The predicted molar refractivity (Wildman–Crippen MR) is 74.6 cm³/mol. The Kier molecular flexibility index (Phi) is 4.09. The average Bonchev–Trinajstić information content (AvgIpc) is 2.55. The summed E-state index contributed by atoms with van der Waals surface area (Å²) < 4.78 is 35.5. The molecular weight excluding hydrogens is 262 g/mol. The maximum atomic E-state index is 13.7. The molecule has 1 heterocycles. The third-order valence-electron chi connectivity index (χ3n) is 3.76. The molecule has 1 aliphatic heterocycles. The quantitative estimate of drug-likeness (QED) is 0.626. The highest BCUT2D eigenvalue weighted by Gasteiger charge is 2.51. The fraction of sp³-hybridized carbons (Fsp3) is 0.571. The van der Waals surface area contributed by atoms with E-state index in [1.54, 1.807) is 6.07 Å². The van der Waals surface area contributed by atoms with Crippen LogP contribution in [0.2, 0.25) is 0 Å². The molecule has 0 radical (unpaired) electrons. The van der Waals surface area contributed by atoms with Crippen LogP contribution < -0.4 is 10.2 Å². The van der Waals surface area contributed by atoms with Crippen molar-refractivity contribution in [3.05, 3.63) is 24.0 Å². The number of ether oxygens (including phenoxy) is 2. The fourth-order valence-electron chi connectivity index (χ4n) is 1.91. The fourth-order valence-corrected chi connectivity index (χ4v) is 1.91. The first-order valence-electron chi connectivity index (χ1n) is 6.53. The number of benzene rings is 1. The molecule has 0 atom stereocenters. The maximum absolute atomic E-state index is 13.7. The molecule has 0 amide bonds. The van der Waals surface area contributed by atoms with Crippen molar-refractivity contribution in [3.63, 3.8) is 0 Å². The van der Waals surface area contributed by atoms with Gasteiger partial charge in [0.2, 0.25) is 0 Å². The monoisotopic (exact) mass is 282 g/mol. The molecule has 0 N–H and O–H groups in total. The summed E-state index contributed by atoms with van der Waals surface area (Å²) in [5, 5.41) is 0. The lowest BCUT2D eigenvalue weighted by Gasteiger charge is -2.32. The number of rotatable bonds is 4. The van der Waals surface area contributed by atoms with E-state index in [0.717, 1.165) is 0 Å². The van der Waals surface area contributed by atoms with Crippen LogP contribution in [0.4, 0.5) is 4.39 Å². The smallest absolute Gasteiger partial charge is 0.467 e. The molecule has 0 spiro atoms. The van der Waals surface area contributed by atoms with Gasteiger partial charge in [-0.3, -0.25) is 0 Å². The van der Waals surface area contributed by atoms with Gasteiger partial charge in [0.1, 0.15) is 11.6 Å². The molecule has 0 bridgehead atoms. The summed E-state index contributed by atoms with van der Waals surface area (Å²) in [5.74, 6) is -0.0140. The van der Waals surface area contributed by atoms with E-state index in [4.69, 9.17) is 18.8 Å². The van der Waals surface area contributed by atoms with E-state index in [1.165, 1.54) is 19.2 Å². The van der Waals surface area contributed by atoms with Gasteiger partial charge in [-0.2, -0.15) is 0 Å². The second-order valence-electron chi connectivity index (χ2n) is 5.86. The molecule has 0 unspecified atom stereocenters. The lowest BCUT2D eigenvalue weighted by Crippen LogP contribution is -2.41. The van der Waals surface area contributed by atoms with Gasteiger partial charge >= 0.3 is 7.12 Å². The van der Waals surface area contributed by atoms with E-state index >= 15 is 0 Å². The van der Waals surface area contributed by atoms with E-state index in [-0.39, 0.29) is 6.79 Å². The molecule has 0 aromatic heterocycles. The molecule has 0 aliphatic carbocycles. The molecule has 2 rings (SSSR count). The van der Waals surface area contributed by atoms with Gasteiger partial charge in [0, 0.05) is 13.2 Å². The summed E-state index contributed by atoms with van der Waals surface area (Å²) in [4.78, 5) is 0. The first-order valence-corrected chi connectivity index (χ1v) is 6.53. The number of hydrogen-bond acceptors (Lipinski definition) is 4. The molecule has 110 valence electrons. The van der Waals surface area contributed by atoms with Gasteiger partial charge in [-0.05, 0) is 45.3 Å². The van der Waals surface area contributed by atoms with E-state index in [0.29, 0.717) is 11.2 Å². The molecule has 4 nitrogen and oxygen atoms in total. The summed E-state index contributed by atoms with van der Waals surface area (Å²) in [7, 11) is 0.898. The minimum atomic E-state index is -0.611. The van der Waals surface area contributed by atoms with Crippen LogP contribution in [0.15, 0.2) is 18.2 Å². The number of hydrogen-bond donors (Lipinski definition) is 0. The summed E-state index contributed by atoms with van der Waals surface area (Å²) in [6.07, 6.45) is 0. The Labute approximate surface area is 119 Å². The van der Waals surface area contributed by atoms with Crippen LogP contribution in [-0.4, -0.2) is 32.2 Å². The maximum Gasteiger partial charge on any atom is 0.495 e. The van der Waals surface area contributed by atoms with Crippen molar-refractivity contribution in [2.24, 2.45) is 0 Å². The van der Waals surface area contributed by atoms with Crippen LogP contribution >= 0.6 is 0 Å². The molecule has 1 aromatic rings. The van der Waals surface area contributed by atoms with Crippen LogP contribution in [0.5, 0.6) is 5.75 Å². The second-order valence-corrected chi connectivity index (χ2v) is 5.86. The molecule has 1 aromatic carbocycles. The van der Waals surface area contributed by atoms with Crippen LogP contribution in [0.1, 0.15) is 27.7 Å². The highest BCUT2D eigenvalue weighted by atomic mass is 19.1. The second kappa shape index (κ2) is 5.35. The number of halogens is 1. The summed E-state index contributed by atoms with van der Waals surface area (Å²) in [6.45, 7) is 7.87. The van der Waals surface area contributed by atoms with E-state index in [9.17, 15) is 4.39 Å². The van der Waals surface area contributed by atoms with Crippen molar-refractivity contribution >= 4 is 12.6 Å². The predicted octanol–water partition coefficient (Wildman–Crippen LogP) is 2.11. The normalized spacial score (nSPS) is 20.2. The molecule has 20 heavy (non-hydrogen) atoms. The van der Waals surface area contributed by atoms with Crippen molar-refractivity contribution in [2.75, 3.05) is 13.9 Å². The zero-order valence-corrected chi connectivity index (χ0v) is 12.5. The lowest BCUT2D eigenvalue weighted by molar-refractivity contribution is 0.00578. The first-order chi connectivity index (χ1) is 9.25. The minimum absolute atomic E-state index is 0.0618. The summed E-state index contributed by atoms with van der Waals surface area (Å²) in [5.41, 5.74) is -0.329.